The average Bonchev–Trinajstić information content (AvgIpc) is 2.96. The summed E-state index contributed by atoms with van der Waals surface area (Å²) in [6, 6.07) is 29.1. The molecule has 1 fully saturated rings. The van der Waals surface area contributed by atoms with E-state index in [2.05, 4.69) is 15.9 Å². The Morgan fingerprint density at radius 3 is 1.85 bits per heavy atom. The molecule has 0 radical (unpaired) electrons. The number of barbiturate groups is 1. The number of urea groups is 1. The molecule has 0 N–H and O–H groups in total. The minimum absolute atomic E-state index is 0.180. The summed E-state index contributed by atoms with van der Waals surface area (Å²) in [4.78, 5) is 42.9. The molecule has 1 heterocycles. The van der Waals surface area contributed by atoms with Crippen LogP contribution in [0.5, 0.6) is 11.5 Å². The molecule has 4 amide bonds. The molecule has 0 bridgehead atoms. The standard InChI is InChI=1S/C31H23BrN2O5/c1-38-26-17-14-22(28(19-26)39-20-21-12-15-23(32)16-13-21)18-27-29(35)33(24-8-4-2-5-9-24)31(37)34(30(27)36)25-10-6-3-7-11-25/h2-19H,20H2,1H3. The predicted molar refractivity (Wildman–Crippen MR) is 153 cm³/mol. The van der Waals surface area contributed by atoms with E-state index in [1.54, 1.807) is 86.0 Å². The van der Waals surface area contributed by atoms with Crippen LogP contribution in [-0.4, -0.2) is 25.0 Å². The van der Waals surface area contributed by atoms with Crippen LogP contribution in [-0.2, 0) is 16.2 Å². The topological polar surface area (TPSA) is 76.2 Å². The van der Waals surface area contributed by atoms with Crippen LogP contribution >= 0.6 is 15.9 Å². The second kappa shape index (κ2) is 11.4. The lowest BCUT2D eigenvalue weighted by molar-refractivity contribution is -0.121. The SMILES string of the molecule is COc1ccc(C=C2C(=O)N(c3ccccc3)C(=O)N(c3ccccc3)C2=O)c(OCc2ccc(Br)cc2)c1. The first-order valence-electron chi connectivity index (χ1n) is 12.1. The molecule has 0 aromatic heterocycles. The monoisotopic (exact) mass is 582 g/mol. The van der Waals surface area contributed by atoms with Gasteiger partial charge in [-0.05, 0) is 60.2 Å². The van der Waals surface area contributed by atoms with Gasteiger partial charge < -0.3 is 9.47 Å². The number of carbonyl (C=O) groups excluding carboxylic acids is 3. The van der Waals surface area contributed by atoms with Crippen LogP contribution in [0.4, 0.5) is 16.2 Å². The smallest absolute Gasteiger partial charge is 0.343 e. The Hall–Kier alpha value is -4.69. The fraction of sp³-hybridized carbons (Fsp3) is 0.0645. The molecule has 194 valence electrons. The summed E-state index contributed by atoms with van der Waals surface area (Å²) in [6.07, 6.45) is 1.46. The number of rotatable bonds is 7. The van der Waals surface area contributed by atoms with Gasteiger partial charge in [0, 0.05) is 16.1 Å². The number of ether oxygens (including phenoxy) is 2. The molecule has 0 unspecified atom stereocenters. The van der Waals surface area contributed by atoms with Crippen LogP contribution in [0.15, 0.2) is 113 Å². The Labute approximate surface area is 234 Å². The first-order chi connectivity index (χ1) is 19.0. The molecule has 1 saturated heterocycles. The van der Waals surface area contributed by atoms with E-state index in [-0.39, 0.29) is 12.2 Å². The molecule has 1 aliphatic heterocycles. The molecule has 7 nitrogen and oxygen atoms in total. The van der Waals surface area contributed by atoms with E-state index in [1.165, 1.54) is 6.08 Å². The average molecular weight is 583 g/mol. The Morgan fingerprint density at radius 2 is 1.31 bits per heavy atom. The number of hydrogen-bond acceptors (Lipinski definition) is 5. The first kappa shape index (κ1) is 25.9. The van der Waals surface area contributed by atoms with Gasteiger partial charge in [0.1, 0.15) is 23.7 Å². The maximum absolute atomic E-state index is 13.7. The number of halogens is 1. The molecule has 4 aromatic carbocycles. The van der Waals surface area contributed by atoms with Crippen molar-refractivity contribution >= 4 is 51.2 Å². The van der Waals surface area contributed by atoms with Crippen LogP contribution < -0.4 is 19.3 Å². The normalized spacial score (nSPS) is 13.5. The van der Waals surface area contributed by atoms with Crippen LogP contribution in [0.25, 0.3) is 6.08 Å². The minimum Gasteiger partial charge on any atom is -0.497 e. The van der Waals surface area contributed by atoms with E-state index >= 15 is 0 Å². The largest absolute Gasteiger partial charge is 0.497 e. The number of para-hydroxylation sites is 2. The fourth-order valence-electron chi connectivity index (χ4n) is 4.12. The third-order valence-electron chi connectivity index (χ3n) is 6.11. The lowest BCUT2D eigenvalue weighted by atomic mass is 10.0. The highest BCUT2D eigenvalue weighted by atomic mass is 79.9. The van der Waals surface area contributed by atoms with Gasteiger partial charge in [-0.1, -0.05) is 64.5 Å². The van der Waals surface area contributed by atoms with Crippen molar-refractivity contribution in [2.75, 3.05) is 16.9 Å². The predicted octanol–water partition coefficient (Wildman–Crippen LogP) is 6.62. The molecule has 4 aromatic rings. The number of nitrogens with zero attached hydrogens (tertiary/aromatic N) is 2. The van der Waals surface area contributed by atoms with Gasteiger partial charge in [-0.2, -0.15) is 0 Å². The highest BCUT2D eigenvalue weighted by Crippen LogP contribution is 2.32. The maximum atomic E-state index is 13.7. The third-order valence-corrected chi connectivity index (χ3v) is 6.64. The van der Waals surface area contributed by atoms with Crippen LogP contribution in [0.2, 0.25) is 0 Å². The Bertz CT molecular complexity index is 1490. The van der Waals surface area contributed by atoms with E-state index < -0.39 is 17.8 Å². The van der Waals surface area contributed by atoms with E-state index in [1.807, 2.05) is 24.3 Å². The van der Waals surface area contributed by atoms with Gasteiger partial charge in [0.2, 0.25) is 0 Å². The molecule has 39 heavy (non-hydrogen) atoms. The van der Waals surface area contributed by atoms with E-state index in [4.69, 9.17) is 9.47 Å². The molecule has 8 heteroatoms. The maximum Gasteiger partial charge on any atom is 0.343 e. The molecule has 0 aliphatic carbocycles. The van der Waals surface area contributed by atoms with Crippen molar-refractivity contribution in [1.29, 1.82) is 0 Å². The molecule has 0 saturated carbocycles. The fourth-order valence-corrected chi connectivity index (χ4v) is 4.39. The number of amides is 4. The lowest BCUT2D eigenvalue weighted by Gasteiger charge is -2.34. The van der Waals surface area contributed by atoms with E-state index in [0.717, 1.165) is 19.8 Å². The second-order valence-electron chi connectivity index (χ2n) is 8.61. The zero-order valence-corrected chi connectivity index (χ0v) is 22.5. The molecular formula is C31H23BrN2O5. The van der Waals surface area contributed by atoms with Crippen molar-refractivity contribution in [3.63, 3.8) is 0 Å². The van der Waals surface area contributed by atoms with Crippen molar-refractivity contribution in [1.82, 2.24) is 0 Å². The van der Waals surface area contributed by atoms with E-state index in [0.29, 0.717) is 28.4 Å². The van der Waals surface area contributed by atoms with Crippen molar-refractivity contribution < 1.29 is 23.9 Å². The summed E-state index contributed by atoms with van der Waals surface area (Å²) < 4.78 is 12.4. The molecule has 0 spiro atoms. The second-order valence-corrected chi connectivity index (χ2v) is 9.53. The number of hydrogen-bond donors (Lipinski definition) is 0. The Kier molecular flexibility index (Phi) is 7.56. The van der Waals surface area contributed by atoms with Crippen LogP contribution in [0, 0.1) is 0 Å². The summed E-state index contributed by atoms with van der Waals surface area (Å²) in [5.41, 5.74) is 1.95. The van der Waals surface area contributed by atoms with Gasteiger partial charge in [-0.25, -0.2) is 14.6 Å². The summed E-state index contributed by atoms with van der Waals surface area (Å²) in [5.74, 6) is -0.479. The van der Waals surface area contributed by atoms with Crippen molar-refractivity contribution in [2.45, 2.75) is 6.61 Å². The summed E-state index contributed by atoms with van der Waals surface area (Å²) >= 11 is 3.43. The molecule has 1 aliphatic rings. The number of carbonyl (C=O) groups is 3. The molecular weight excluding hydrogens is 560 g/mol. The van der Waals surface area contributed by atoms with E-state index in [9.17, 15) is 14.4 Å². The van der Waals surface area contributed by atoms with Gasteiger partial charge in [0.25, 0.3) is 11.8 Å². The molecule has 5 rings (SSSR count). The summed E-state index contributed by atoms with van der Waals surface area (Å²) in [6.45, 7) is 0.253. The van der Waals surface area contributed by atoms with Gasteiger partial charge >= 0.3 is 6.03 Å². The number of imide groups is 2. The summed E-state index contributed by atoms with van der Waals surface area (Å²) in [5, 5.41) is 0. The highest BCUT2D eigenvalue weighted by Gasteiger charge is 2.43. The van der Waals surface area contributed by atoms with Gasteiger partial charge in [-0.3, -0.25) is 9.59 Å². The molecule has 0 atom stereocenters. The highest BCUT2D eigenvalue weighted by molar-refractivity contribution is 9.10. The quantitative estimate of drug-likeness (QED) is 0.181. The zero-order chi connectivity index (χ0) is 27.4. The Balaban J connectivity index is 1.58. The minimum atomic E-state index is -0.749. The van der Waals surface area contributed by atoms with Gasteiger partial charge in [0.15, 0.2) is 0 Å². The van der Waals surface area contributed by atoms with Crippen molar-refractivity contribution in [2.24, 2.45) is 0 Å². The Morgan fingerprint density at radius 1 is 0.744 bits per heavy atom. The first-order valence-corrected chi connectivity index (χ1v) is 12.9. The van der Waals surface area contributed by atoms with Crippen molar-refractivity contribution in [3.05, 3.63) is 124 Å². The third kappa shape index (κ3) is 5.46. The van der Waals surface area contributed by atoms with Crippen molar-refractivity contribution in [3.8, 4) is 11.5 Å². The number of anilines is 2. The number of methoxy groups -OCH3 is 1. The number of benzene rings is 4. The lowest BCUT2D eigenvalue weighted by Crippen LogP contribution is -2.57. The van der Waals surface area contributed by atoms with Crippen LogP contribution in [0.3, 0.4) is 0 Å². The summed E-state index contributed by atoms with van der Waals surface area (Å²) in [7, 11) is 1.54. The zero-order valence-electron chi connectivity index (χ0n) is 20.9. The van der Waals surface area contributed by atoms with Gasteiger partial charge in [-0.15, -0.1) is 0 Å². The van der Waals surface area contributed by atoms with Gasteiger partial charge in [0.05, 0.1) is 18.5 Å². The van der Waals surface area contributed by atoms with Crippen LogP contribution in [0.1, 0.15) is 11.1 Å².